The maximum absolute atomic E-state index is 12.7. The average molecular weight is 341 g/mol. The molecule has 1 aliphatic rings. The predicted octanol–water partition coefficient (Wildman–Crippen LogP) is 1.41. The number of amides is 2. The molecule has 2 amide bonds. The Hall–Kier alpha value is -1.14. The average Bonchev–Trinajstić information content (AvgIpc) is 2.93. The highest BCUT2D eigenvalue weighted by Crippen LogP contribution is 2.23. The molecule has 1 aliphatic heterocycles. The topological polar surface area (TPSA) is 95.7 Å². The van der Waals surface area contributed by atoms with Crippen LogP contribution in [0.15, 0.2) is 0 Å². The first kappa shape index (κ1) is 20.9. The van der Waals surface area contributed by atoms with Gasteiger partial charge in [-0.2, -0.15) is 0 Å². The van der Waals surface area contributed by atoms with Crippen LogP contribution in [0.25, 0.3) is 0 Å². The minimum absolute atomic E-state index is 0.0677. The van der Waals surface area contributed by atoms with Crippen LogP contribution < -0.4 is 11.1 Å². The van der Waals surface area contributed by atoms with E-state index in [-0.39, 0.29) is 17.2 Å². The van der Waals surface area contributed by atoms with Gasteiger partial charge in [-0.15, -0.1) is 0 Å². The first-order valence-corrected chi connectivity index (χ1v) is 9.22. The van der Waals surface area contributed by atoms with Crippen molar-refractivity contribution in [3.63, 3.8) is 0 Å². The van der Waals surface area contributed by atoms with Gasteiger partial charge in [-0.3, -0.25) is 9.59 Å². The molecule has 0 radical (unpaired) electrons. The van der Waals surface area contributed by atoms with Gasteiger partial charge in [0.25, 0.3) is 0 Å². The number of aliphatic hydroxyl groups excluding tert-OH is 1. The minimum Gasteiger partial charge on any atom is -0.391 e. The zero-order chi connectivity index (χ0) is 18.2. The maximum atomic E-state index is 12.7. The van der Waals surface area contributed by atoms with Gasteiger partial charge in [0.1, 0.15) is 6.04 Å². The summed E-state index contributed by atoms with van der Waals surface area (Å²) in [6, 6.07) is -0.549. The summed E-state index contributed by atoms with van der Waals surface area (Å²) in [6.07, 6.45) is 5.71. The summed E-state index contributed by atoms with van der Waals surface area (Å²) in [5.74, 6) is -0.155. The Morgan fingerprint density at radius 3 is 2.38 bits per heavy atom. The summed E-state index contributed by atoms with van der Waals surface area (Å²) >= 11 is 0. The largest absolute Gasteiger partial charge is 0.391 e. The van der Waals surface area contributed by atoms with Crippen LogP contribution in [0.4, 0.5) is 0 Å². The summed E-state index contributed by atoms with van der Waals surface area (Å²) in [5, 5.41) is 12.5. The lowest BCUT2D eigenvalue weighted by Gasteiger charge is -2.33. The van der Waals surface area contributed by atoms with E-state index in [0.29, 0.717) is 25.9 Å². The molecule has 2 atom stereocenters. The lowest BCUT2D eigenvalue weighted by atomic mass is 9.85. The van der Waals surface area contributed by atoms with Crippen molar-refractivity contribution >= 4 is 11.8 Å². The van der Waals surface area contributed by atoms with Crippen LogP contribution in [-0.4, -0.2) is 53.6 Å². The van der Waals surface area contributed by atoms with Crippen LogP contribution in [0.3, 0.4) is 0 Å². The van der Waals surface area contributed by atoms with E-state index in [1.807, 2.05) is 20.8 Å². The molecule has 0 unspecified atom stereocenters. The molecule has 1 rings (SSSR count). The van der Waals surface area contributed by atoms with Crippen LogP contribution in [0, 0.1) is 5.41 Å². The normalized spacial score (nSPS) is 19.4. The summed E-state index contributed by atoms with van der Waals surface area (Å²) in [7, 11) is 0. The molecular formula is C18H35N3O3. The van der Waals surface area contributed by atoms with E-state index in [0.717, 1.165) is 38.6 Å². The molecule has 4 N–H and O–H groups in total. The maximum Gasteiger partial charge on any atom is 0.245 e. The molecule has 0 aromatic heterocycles. The number of carbonyl (C=O) groups is 2. The molecule has 0 aromatic rings. The number of carbonyl (C=O) groups excluding carboxylic acids is 2. The van der Waals surface area contributed by atoms with Gasteiger partial charge < -0.3 is 21.1 Å². The Morgan fingerprint density at radius 1 is 1.21 bits per heavy atom. The van der Waals surface area contributed by atoms with E-state index >= 15 is 0 Å². The number of aliphatic hydroxyl groups is 1. The number of rotatable bonds is 9. The third-order valence-electron chi connectivity index (χ3n) is 4.50. The Bertz CT molecular complexity index is 407. The van der Waals surface area contributed by atoms with Crippen molar-refractivity contribution in [2.75, 3.05) is 19.6 Å². The summed E-state index contributed by atoms with van der Waals surface area (Å²) in [6.45, 7) is 7.51. The monoisotopic (exact) mass is 341 g/mol. The third kappa shape index (κ3) is 7.18. The SMILES string of the molecule is CC(C)(C)[C@H](NC(=O)CCCCCCCN)C(=O)N1CC[C@@H](O)C1. The van der Waals surface area contributed by atoms with Gasteiger partial charge in [0.2, 0.25) is 11.8 Å². The Morgan fingerprint density at radius 2 is 1.83 bits per heavy atom. The van der Waals surface area contributed by atoms with Crippen LogP contribution in [-0.2, 0) is 9.59 Å². The van der Waals surface area contributed by atoms with E-state index in [2.05, 4.69) is 5.32 Å². The number of hydrogen-bond acceptors (Lipinski definition) is 4. The molecule has 24 heavy (non-hydrogen) atoms. The number of nitrogens with one attached hydrogen (secondary N) is 1. The second-order valence-corrected chi connectivity index (χ2v) is 7.90. The quantitative estimate of drug-likeness (QED) is 0.553. The molecule has 0 saturated carbocycles. The highest BCUT2D eigenvalue weighted by molar-refractivity contribution is 5.88. The molecule has 0 bridgehead atoms. The smallest absolute Gasteiger partial charge is 0.245 e. The van der Waals surface area contributed by atoms with Crippen molar-refractivity contribution < 1.29 is 14.7 Å². The molecule has 0 aliphatic carbocycles. The second-order valence-electron chi connectivity index (χ2n) is 7.90. The lowest BCUT2D eigenvalue weighted by Crippen LogP contribution is -2.54. The van der Waals surface area contributed by atoms with Crippen molar-refractivity contribution in [1.82, 2.24) is 10.2 Å². The first-order chi connectivity index (χ1) is 11.3. The zero-order valence-electron chi connectivity index (χ0n) is 15.5. The standard InChI is InChI=1S/C18H35N3O3/c1-18(2,3)16(17(24)21-12-10-14(22)13-21)20-15(23)9-7-5-4-6-8-11-19/h14,16,22H,4-13,19H2,1-3H3,(H,20,23)/t14-,16-/m1/s1. The summed E-state index contributed by atoms with van der Waals surface area (Å²) in [5.41, 5.74) is 5.10. The molecule has 1 heterocycles. The number of unbranched alkanes of at least 4 members (excludes halogenated alkanes) is 4. The van der Waals surface area contributed by atoms with E-state index in [9.17, 15) is 14.7 Å². The van der Waals surface area contributed by atoms with E-state index in [1.54, 1.807) is 4.90 Å². The first-order valence-electron chi connectivity index (χ1n) is 9.22. The zero-order valence-corrected chi connectivity index (χ0v) is 15.5. The fraction of sp³-hybridized carbons (Fsp3) is 0.889. The molecule has 140 valence electrons. The van der Waals surface area contributed by atoms with E-state index < -0.39 is 12.1 Å². The van der Waals surface area contributed by atoms with Crippen LogP contribution in [0.1, 0.15) is 65.7 Å². The molecule has 6 nitrogen and oxygen atoms in total. The Balaban J connectivity index is 2.45. The van der Waals surface area contributed by atoms with Gasteiger partial charge >= 0.3 is 0 Å². The van der Waals surface area contributed by atoms with Crippen molar-refractivity contribution in [3.8, 4) is 0 Å². The summed E-state index contributed by atoms with van der Waals surface area (Å²) in [4.78, 5) is 26.6. The van der Waals surface area contributed by atoms with Gasteiger partial charge in [-0.25, -0.2) is 0 Å². The second kappa shape index (κ2) is 9.99. The Kier molecular flexibility index (Phi) is 8.70. The number of nitrogens with two attached hydrogens (primary N) is 1. The number of nitrogens with zero attached hydrogens (tertiary/aromatic N) is 1. The third-order valence-corrected chi connectivity index (χ3v) is 4.50. The number of likely N-dealkylation sites (tertiary alicyclic amines) is 1. The molecular weight excluding hydrogens is 306 g/mol. The molecule has 6 heteroatoms. The van der Waals surface area contributed by atoms with Gasteiger partial charge in [0.05, 0.1) is 6.10 Å². The molecule has 0 aromatic carbocycles. The lowest BCUT2D eigenvalue weighted by molar-refractivity contribution is -0.138. The fourth-order valence-electron chi connectivity index (χ4n) is 2.97. The van der Waals surface area contributed by atoms with Crippen molar-refractivity contribution in [1.29, 1.82) is 0 Å². The fourth-order valence-corrected chi connectivity index (χ4v) is 2.97. The van der Waals surface area contributed by atoms with E-state index in [4.69, 9.17) is 5.73 Å². The molecule has 0 spiro atoms. The minimum atomic E-state index is -0.549. The highest BCUT2D eigenvalue weighted by atomic mass is 16.3. The van der Waals surface area contributed by atoms with E-state index in [1.165, 1.54) is 0 Å². The van der Waals surface area contributed by atoms with Crippen molar-refractivity contribution in [2.24, 2.45) is 11.1 Å². The van der Waals surface area contributed by atoms with Crippen molar-refractivity contribution in [2.45, 2.75) is 77.9 Å². The van der Waals surface area contributed by atoms with Crippen LogP contribution in [0.2, 0.25) is 0 Å². The van der Waals surface area contributed by atoms with Gasteiger partial charge in [0, 0.05) is 19.5 Å². The van der Waals surface area contributed by atoms with Gasteiger partial charge in [-0.1, -0.05) is 40.0 Å². The Labute approximate surface area is 146 Å². The van der Waals surface area contributed by atoms with Gasteiger partial charge in [0.15, 0.2) is 0 Å². The number of hydrogen-bond donors (Lipinski definition) is 3. The number of β-amino-alcohol motifs (C(OH)–C–C–N with tert-alkyl or cyclic N) is 1. The highest BCUT2D eigenvalue weighted by Gasteiger charge is 2.37. The van der Waals surface area contributed by atoms with Crippen LogP contribution in [0.5, 0.6) is 0 Å². The van der Waals surface area contributed by atoms with Gasteiger partial charge in [-0.05, 0) is 31.2 Å². The summed E-state index contributed by atoms with van der Waals surface area (Å²) < 4.78 is 0. The molecule has 1 fully saturated rings. The molecule has 1 saturated heterocycles. The predicted molar refractivity (Wildman–Crippen MR) is 95.3 cm³/mol. The van der Waals surface area contributed by atoms with Crippen molar-refractivity contribution in [3.05, 3.63) is 0 Å². The van der Waals surface area contributed by atoms with Crippen LogP contribution >= 0.6 is 0 Å².